The fraction of sp³-hybridized carbons (Fsp3) is 0.241. The maximum Gasteiger partial charge on any atom is 0.244 e. The minimum Gasteiger partial charge on any atom is -0.343 e. The Labute approximate surface area is 220 Å². The van der Waals surface area contributed by atoms with E-state index < -0.39 is 27.0 Å². The lowest BCUT2D eigenvalue weighted by atomic mass is 9.71. The summed E-state index contributed by atoms with van der Waals surface area (Å²) in [4.78, 5) is 25.3. The molecule has 1 aliphatic rings. The Bertz CT molecular complexity index is 1460. The smallest absolute Gasteiger partial charge is 0.244 e. The van der Waals surface area contributed by atoms with Crippen molar-refractivity contribution in [3.63, 3.8) is 0 Å². The lowest BCUT2D eigenvalue weighted by Crippen LogP contribution is -2.50. The Morgan fingerprint density at radius 2 is 1.66 bits per heavy atom. The van der Waals surface area contributed by atoms with Gasteiger partial charge in [0.2, 0.25) is 11.8 Å². The highest BCUT2D eigenvalue weighted by molar-refractivity contribution is 7.91. The van der Waals surface area contributed by atoms with E-state index in [1.807, 2.05) is 12.1 Å². The number of hydrogen-bond acceptors (Lipinski definition) is 4. The molecule has 38 heavy (non-hydrogen) atoms. The van der Waals surface area contributed by atoms with E-state index in [9.17, 15) is 26.8 Å². The number of sulfone groups is 1. The van der Waals surface area contributed by atoms with Crippen molar-refractivity contribution in [2.45, 2.75) is 43.0 Å². The van der Waals surface area contributed by atoms with E-state index in [-0.39, 0.29) is 34.4 Å². The van der Waals surface area contributed by atoms with Crippen molar-refractivity contribution >= 4 is 33.4 Å². The molecule has 4 rings (SSSR count). The van der Waals surface area contributed by atoms with E-state index in [1.54, 1.807) is 31.2 Å². The second kappa shape index (κ2) is 11.3. The first kappa shape index (κ1) is 27.2. The number of carbonyl (C=O) groups is 2. The predicted octanol–water partition coefficient (Wildman–Crippen LogP) is 5.15. The van der Waals surface area contributed by atoms with Crippen LogP contribution in [0.4, 0.5) is 14.5 Å². The summed E-state index contributed by atoms with van der Waals surface area (Å²) in [6, 6.07) is 16.7. The number of nitrogens with one attached hydrogen (secondary N) is 2. The summed E-state index contributed by atoms with van der Waals surface area (Å²) in [6.45, 7) is 1.58. The zero-order chi connectivity index (χ0) is 27.3. The number of halogens is 2. The summed E-state index contributed by atoms with van der Waals surface area (Å²) in [5.41, 5.74) is 1.75. The van der Waals surface area contributed by atoms with Crippen molar-refractivity contribution in [3.05, 3.63) is 101 Å². The predicted molar refractivity (Wildman–Crippen MR) is 142 cm³/mol. The van der Waals surface area contributed by atoms with Crippen LogP contribution >= 0.6 is 0 Å². The lowest BCUT2D eigenvalue weighted by Gasteiger charge is -2.43. The largest absolute Gasteiger partial charge is 0.343 e. The lowest BCUT2D eigenvalue weighted by molar-refractivity contribution is -0.119. The summed E-state index contributed by atoms with van der Waals surface area (Å²) < 4.78 is 50.8. The molecule has 0 aliphatic heterocycles. The number of benzene rings is 3. The second-order valence-corrected chi connectivity index (χ2v) is 11.6. The Kier molecular flexibility index (Phi) is 8.06. The molecule has 0 aromatic heterocycles. The van der Waals surface area contributed by atoms with Crippen molar-refractivity contribution < 1.29 is 26.8 Å². The van der Waals surface area contributed by atoms with Gasteiger partial charge in [-0.2, -0.15) is 0 Å². The third kappa shape index (κ3) is 6.34. The number of hydrogen-bond donors (Lipinski definition) is 2. The van der Waals surface area contributed by atoms with Gasteiger partial charge in [0.25, 0.3) is 0 Å². The molecule has 198 valence electrons. The molecular weight excluding hydrogens is 510 g/mol. The van der Waals surface area contributed by atoms with E-state index in [2.05, 4.69) is 10.6 Å². The third-order valence-corrected chi connectivity index (χ3v) is 8.45. The average Bonchev–Trinajstić information content (AvgIpc) is 2.86. The van der Waals surface area contributed by atoms with Gasteiger partial charge in [-0.15, -0.1) is 0 Å². The molecule has 2 amide bonds. The van der Waals surface area contributed by atoms with Crippen LogP contribution in [0.2, 0.25) is 0 Å². The SMILES string of the molecule is CCS(=O)(=O)c1ccc(CC(=O)Nc2ccc(C3(NC(=O)/C=C/c4ccc(F)cc4F)CCC3)cc2)cc1. The van der Waals surface area contributed by atoms with Crippen molar-refractivity contribution in [1.29, 1.82) is 0 Å². The average molecular weight is 539 g/mol. The number of amides is 2. The van der Waals surface area contributed by atoms with Gasteiger partial charge in [-0.05, 0) is 72.9 Å². The van der Waals surface area contributed by atoms with Crippen molar-refractivity contribution in [2.75, 3.05) is 11.1 Å². The normalized spacial score (nSPS) is 14.6. The number of anilines is 1. The van der Waals surface area contributed by atoms with Crippen LogP contribution in [-0.4, -0.2) is 26.0 Å². The molecule has 6 nitrogen and oxygen atoms in total. The molecule has 0 heterocycles. The molecule has 0 unspecified atom stereocenters. The molecule has 9 heteroatoms. The maximum atomic E-state index is 13.8. The zero-order valence-corrected chi connectivity index (χ0v) is 21.7. The van der Waals surface area contributed by atoms with Crippen LogP contribution in [0, 0.1) is 11.6 Å². The van der Waals surface area contributed by atoms with Crippen LogP contribution in [0.1, 0.15) is 42.9 Å². The van der Waals surface area contributed by atoms with E-state index in [1.165, 1.54) is 30.4 Å². The molecule has 1 aliphatic carbocycles. The topological polar surface area (TPSA) is 92.3 Å². The summed E-state index contributed by atoms with van der Waals surface area (Å²) in [5.74, 6) is -2.04. The minimum absolute atomic E-state index is 0.0144. The van der Waals surface area contributed by atoms with Gasteiger partial charge < -0.3 is 10.6 Å². The Morgan fingerprint density at radius 1 is 0.974 bits per heavy atom. The van der Waals surface area contributed by atoms with Crippen LogP contribution in [0.15, 0.2) is 77.7 Å². The fourth-order valence-electron chi connectivity index (χ4n) is 4.34. The molecule has 1 fully saturated rings. The summed E-state index contributed by atoms with van der Waals surface area (Å²) in [6.07, 6.45) is 5.06. The van der Waals surface area contributed by atoms with E-state index in [0.29, 0.717) is 11.3 Å². The maximum absolute atomic E-state index is 13.8. The Morgan fingerprint density at radius 3 is 2.24 bits per heavy atom. The highest BCUT2D eigenvalue weighted by Crippen LogP contribution is 2.41. The molecular formula is C29H28F2N2O4S. The van der Waals surface area contributed by atoms with Gasteiger partial charge in [-0.25, -0.2) is 17.2 Å². The molecule has 3 aromatic rings. The van der Waals surface area contributed by atoms with Crippen molar-refractivity contribution in [1.82, 2.24) is 5.32 Å². The van der Waals surface area contributed by atoms with E-state index >= 15 is 0 Å². The van der Waals surface area contributed by atoms with Gasteiger partial charge in [0, 0.05) is 23.4 Å². The molecule has 2 N–H and O–H groups in total. The van der Waals surface area contributed by atoms with Gasteiger partial charge >= 0.3 is 0 Å². The van der Waals surface area contributed by atoms with Gasteiger partial charge in [-0.3, -0.25) is 9.59 Å². The van der Waals surface area contributed by atoms with Crippen molar-refractivity contribution in [2.24, 2.45) is 0 Å². The molecule has 0 radical (unpaired) electrons. The van der Waals surface area contributed by atoms with Crippen LogP contribution in [0.3, 0.4) is 0 Å². The van der Waals surface area contributed by atoms with Gasteiger partial charge in [0.15, 0.2) is 9.84 Å². The van der Waals surface area contributed by atoms with Gasteiger partial charge in [0.05, 0.1) is 22.6 Å². The first-order valence-corrected chi connectivity index (χ1v) is 13.9. The van der Waals surface area contributed by atoms with E-state index in [4.69, 9.17) is 0 Å². The zero-order valence-electron chi connectivity index (χ0n) is 20.8. The molecule has 3 aromatic carbocycles. The van der Waals surface area contributed by atoms with Gasteiger partial charge in [0.1, 0.15) is 11.6 Å². The molecule has 0 spiro atoms. The van der Waals surface area contributed by atoms with Gasteiger partial charge in [-0.1, -0.05) is 31.2 Å². The Hall–Kier alpha value is -3.85. The Balaban J connectivity index is 1.36. The standard InChI is InChI=1S/C29H28F2N2O4S/c1-2-38(36,37)25-13-4-20(5-14-25)18-28(35)32-24-11-8-22(9-12-24)29(16-3-17-29)33-27(34)15-7-21-6-10-23(30)19-26(21)31/h4-15,19H,2-3,16-18H2,1H3,(H,32,35)(H,33,34)/b15-7+. The van der Waals surface area contributed by atoms with Crippen LogP contribution < -0.4 is 10.6 Å². The second-order valence-electron chi connectivity index (χ2n) is 9.27. The first-order chi connectivity index (χ1) is 18.1. The number of carbonyl (C=O) groups excluding carboxylic acids is 2. The first-order valence-electron chi connectivity index (χ1n) is 12.3. The molecule has 0 saturated heterocycles. The van der Waals surface area contributed by atoms with E-state index in [0.717, 1.165) is 37.0 Å². The molecule has 0 atom stereocenters. The van der Waals surface area contributed by atoms with Crippen LogP contribution in [0.25, 0.3) is 6.08 Å². The third-order valence-electron chi connectivity index (χ3n) is 6.69. The van der Waals surface area contributed by atoms with Crippen LogP contribution in [0.5, 0.6) is 0 Å². The molecule has 1 saturated carbocycles. The highest BCUT2D eigenvalue weighted by atomic mass is 32.2. The summed E-state index contributed by atoms with van der Waals surface area (Å²) in [7, 11) is -3.29. The molecule has 0 bridgehead atoms. The monoisotopic (exact) mass is 538 g/mol. The van der Waals surface area contributed by atoms with Crippen LogP contribution in [-0.2, 0) is 31.4 Å². The summed E-state index contributed by atoms with van der Waals surface area (Å²) >= 11 is 0. The van der Waals surface area contributed by atoms with Crippen molar-refractivity contribution in [3.8, 4) is 0 Å². The fourth-order valence-corrected chi connectivity index (χ4v) is 5.22. The highest BCUT2D eigenvalue weighted by Gasteiger charge is 2.39. The number of rotatable bonds is 9. The minimum atomic E-state index is -3.29. The quantitative estimate of drug-likeness (QED) is 0.369. The summed E-state index contributed by atoms with van der Waals surface area (Å²) in [5, 5.41) is 5.84.